The highest BCUT2D eigenvalue weighted by Gasteiger charge is 2.35. The van der Waals surface area contributed by atoms with Crippen LogP contribution in [0.15, 0.2) is 29.2 Å². The van der Waals surface area contributed by atoms with Gasteiger partial charge >= 0.3 is 0 Å². The topological polar surface area (TPSA) is 20.3 Å². The molecule has 1 unspecified atom stereocenters. The molecule has 1 amide bonds. The quantitative estimate of drug-likeness (QED) is 0.647. The van der Waals surface area contributed by atoms with Gasteiger partial charge in [0, 0.05) is 17.9 Å². The Morgan fingerprint density at radius 1 is 1.36 bits per heavy atom. The summed E-state index contributed by atoms with van der Waals surface area (Å²) in [5, 5.41) is 0.400. The first-order valence-electron chi connectivity index (χ1n) is 4.88. The van der Waals surface area contributed by atoms with Crippen molar-refractivity contribution in [3.05, 3.63) is 29.8 Å². The Morgan fingerprint density at radius 3 is 3.14 bits per heavy atom. The SMILES string of the molecule is O=C1CCC2Sc3ccccc3CN12. The van der Waals surface area contributed by atoms with Crippen LogP contribution in [0.2, 0.25) is 0 Å². The zero-order valence-electron chi connectivity index (χ0n) is 7.77. The number of amides is 1. The van der Waals surface area contributed by atoms with Crippen molar-refractivity contribution in [2.45, 2.75) is 29.7 Å². The van der Waals surface area contributed by atoms with Crippen molar-refractivity contribution in [3.8, 4) is 0 Å². The summed E-state index contributed by atoms with van der Waals surface area (Å²) < 4.78 is 0. The predicted molar refractivity (Wildman–Crippen MR) is 55.9 cm³/mol. The van der Waals surface area contributed by atoms with Gasteiger partial charge in [-0.15, -0.1) is 11.8 Å². The molecule has 1 atom stereocenters. The van der Waals surface area contributed by atoms with E-state index in [2.05, 4.69) is 18.2 Å². The summed E-state index contributed by atoms with van der Waals surface area (Å²) in [4.78, 5) is 14.9. The number of thioether (sulfide) groups is 1. The van der Waals surface area contributed by atoms with Crippen molar-refractivity contribution in [1.29, 1.82) is 0 Å². The number of rotatable bonds is 0. The molecule has 0 aromatic heterocycles. The highest BCUT2D eigenvalue weighted by molar-refractivity contribution is 8.00. The molecule has 0 saturated carbocycles. The second-order valence-corrected chi connectivity index (χ2v) is 4.96. The molecule has 2 nitrogen and oxygen atoms in total. The average Bonchev–Trinajstić information content (AvgIpc) is 2.57. The first kappa shape index (κ1) is 8.36. The Hall–Kier alpha value is -0.960. The van der Waals surface area contributed by atoms with E-state index in [0.29, 0.717) is 11.3 Å². The number of nitrogens with zero attached hydrogens (tertiary/aromatic N) is 1. The lowest BCUT2D eigenvalue weighted by atomic mass is 10.2. The molecule has 2 aliphatic heterocycles. The van der Waals surface area contributed by atoms with E-state index in [1.807, 2.05) is 22.7 Å². The zero-order valence-corrected chi connectivity index (χ0v) is 8.59. The summed E-state index contributed by atoms with van der Waals surface area (Å²) in [6.07, 6.45) is 1.74. The molecular formula is C11H11NOS. The third-order valence-corrected chi connectivity index (χ3v) is 4.26. The minimum absolute atomic E-state index is 0.317. The summed E-state index contributed by atoms with van der Waals surface area (Å²) in [5.74, 6) is 0.317. The first-order valence-corrected chi connectivity index (χ1v) is 5.76. The molecule has 1 aromatic rings. The van der Waals surface area contributed by atoms with Gasteiger partial charge in [0.25, 0.3) is 0 Å². The maximum atomic E-state index is 11.5. The van der Waals surface area contributed by atoms with E-state index in [1.165, 1.54) is 10.5 Å². The monoisotopic (exact) mass is 205 g/mol. The molecule has 0 aliphatic carbocycles. The van der Waals surface area contributed by atoms with Crippen molar-refractivity contribution in [1.82, 2.24) is 4.90 Å². The van der Waals surface area contributed by atoms with Crippen molar-refractivity contribution >= 4 is 17.7 Å². The Balaban J connectivity index is 1.99. The van der Waals surface area contributed by atoms with Crippen LogP contribution in [0.1, 0.15) is 18.4 Å². The van der Waals surface area contributed by atoms with E-state index in [4.69, 9.17) is 0 Å². The maximum absolute atomic E-state index is 11.5. The van der Waals surface area contributed by atoms with E-state index in [0.717, 1.165) is 19.4 Å². The van der Waals surface area contributed by atoms with Gasteiger partial charge in [0.15, 0.2) is 0 Å². The lowest BCUT2D eigenvalue weighted by Crippen LogP contribution is -2.33. The third kappa shape index (κ3) is 1.16. The maximum Gasteiger partial charge on any atom is 0.223 e. The van der Waals surface area contributed by atoms with Crippen LogP contribution in [0.25, 0.3) is 0 Å². The Bertz CT molecular complexity index is 391. The lowest BCUT2D eigenvalue weighted by Gasteiger charge is -2.30. The Labute approximate surface area is 87.3 Å². The smallest absolute Gasteiger partial charge is 0.223 e. The standard InChI is InChI=1S/C11H11NOS/c13-10-5-6-11-12(10)7-8-3-1-2-4-9(8)14-11/h1-4,11H,5-7H2. The van der Waals surface area contributed by atoms with Crippen LogP contribution in [0.5, 0.6) is 0 Å². The first-order chi connectivity index (χ1) is 6.84. The van der Waals surface area contributed by atoms with Crippen LogP contribution in [0, 0.1) is 0 Å². The molecule has 3 heteroatoms. The van der Waals surface area contributed by atoms with Crippen LogP contribution < -0.4 is 0 Å². The van der Waals surface area contributed by atoms with Gasteiger partial charge in [-0.05, 0) is 18.1 Å². The zero-order chi connectivity index (χ0) is 9.54. The Morgan fingerprint density at radius 2 is 2.21 bits per heavy atom. The molecule has 0 spiro atoms. The number of hydrogen-bond acceptors (Lipinski definition) is 2. The number of carbonyl (C=O) groups is 1. The van der Waals surface area contributed by atoms with Gasteiger partial charge < -0.3 is 4.90 Å². The average molecular weight is 205 g/mol. The summed E-state index contributed by atoms with van der Waals surface area (Å²) >= 11 is 1.84. The fraction of sp³-hybridized carbons (Fsp3) is 0.364. The van der Waals surface area contributed by atoms with Gasteiger partial charge in [0.2, 0.25) is 5.91 Å². The Kier molecular flexibility index (Phi) is 1.80. The van der Waals surface area contributed by atoms with Gasteiger partial charge in [-0.25, -0.2) is 0 Å². The molecular weight excluding hydrogens is 194 g/mol. The van der Waals surface area contributed by atoms with Crippen molar-refractivity contribution in [2.75, 3.05) is 0 Å². The molecule has 1 aromatic carbocycles. The largest absolute Gasteiger partial charge is 0.326 e. The molecule has 2 heterocycles. The fourth-order valence-electron chi connectivity index (χ4n) is 2.10. The highest BCUT2D eigenvalue weighted by Crippen LogP contribution is 2.40. The van der Waals surface area contributed by atoms with Crippen molar-refractivity contribution in [2.24, 2.45) is 0 Å². The van der Waals surface area contributed by atoms with Crippen LogP contribution in [0.3, 0.4) is 0 Å². The molecule has 2 aliphatic rings. The van der Waals surface area contributed by atoms with Crippen molar-refractivity contribution in [3.63, 3.8) is 0 Å². The second kappa shape index (κ2) is 3.02. The number of carbonyl (C=O) groups excluding carboxylic acids is 1. The molecule has 1 saturated heterocycles. The van der Waals surface area contributed by atoms with Crippen LogP contribution in [0.4, 0.5) is 0 Å². The summed E-state index contributed by atoms with van der Waals surface area (Å²) in [6, 6.07) is 8.38. The van der Waals surface area contributed by atoms with Gasteiger partial charge in [0.1, 0.15) is 0 Å². The highest BCUT2D eigenvalue weighted by atomic mass is 32.2. The lowest BCUT2D eigenvalue weighted by molar-refractivity contribution is -0.128. The summed E-state index contributed by atoms with van der Waals surface area (Å²) in [7, 11) is 0. The van der Waals surface area contributed by atoms with E-state index in [-0.39, 0.29) is 0 Å². The number of benzene rings is 1. The van der Waals surface area contributed by atoms with Gasteiger partial charge in [-0.1, -0.05) is 18.2 Å². The molecule has 0 radical (unpaired) electrons. The molecule has 14 heavy (non-hydrogen) atoms. The normalized spacial score (nSPS) is 24.7. The van der Waals surface area contributed by atoms with E-state index < -0.39 is 0 Å². The molecule has 72 valence electrons. The fourth-order valence-corrected chi connectivity index (χ4v) is 3.39. The van der Waals surface area contributed by atoms with E-state index >= 15 is 0 Å². The molecule has 1 fully saturated rings. The van der Waals surface area contributed by atoms with E-state index in [9.17, 15) is 4.79 Å². The molecule has 0 bridgehead atoms. The minimum Gasteiger partial charge on any atom is -0.326 e. The minimum atomic E-state index is 0.317. The summed E-state index contributed by atoms with van der Waals surface area (Å²) in [6.45, 7) is 0.812. The molecule has 0 N–H and O–H groups in total. The van der Waals surface area contributed by atoms with Crippen molar-refractivity contribution < 1.29 is 4.79 Å². The van der Waals surface area contributed by atoms with Gasteiger partial charge in [0.05, 0.1) is 5.37 Å². The van der Waals surface area contributed by atoms with Crippen LogP contribution in [-0.2, 0) is 11.3 Å². The van der Waals surface area contributed by atoms with Crippen LogP contribution in [-0.4, -0.2) is 16.2 Å². The third-order valence-electron chi connectivity index (χ3n) is 2.85. The number of hydrogen-bond donors (Lipinski definition) is 0. The van der Waals surface area contributed by atoms with E-state index in [1.54, 1.807) is 0 Å². The second-order valence-electron chi connectivity index (χ2n) is 3.74. The molecule has 3 rings (SSSR count). The number of fused-ring (bicyclic) bond motifs is 2. The van der Waals surface area contributed by atoms with Gasteiger partial charge in [-0.2, -0.15) is 0 Å². The van der Waals surface area contributed by atoms with Crippen LogP contribution >= 0.6 is 11.8 Å². The predicted octanol–water partition coefficient (Wildman–Crippen LogP) is 2.24. The van der Waals surface area contributed by atoms with Gasteiger partial charge in [-0.3, -0.25) is 4.79 Å². The summed E-state index contributed by atoms with van der Waals surface area (Å²) in [5.41, 5.74) is 1.30.